The molecule has 0 saturated carbocycles. The van der Waals surface area contributed by atoms with Crippen molar-refractivity contribution in [1.82, 2.24) is 4.90 Å². The number of likely N-dealkylation sites (tertiary alicyclic amines) is 1. The Morgan fingerprint density at radius 3 is 2.78 bits per heavy atom. The highest BCUT2D eigenvalue weighted by molar-refractivity contribution is 6.30. The topological polar surface area (TPSA) is 59.0 Å². The fourth-order valence-corrected chi connectivity index (χ4v) is 3.47. The van der Waals surface area contributed by atoms with Crippen LogP contribution in [0.5, 0.6) is 11.5 Å². The van der Waals surface area contributed by atoms with Crippen molar-refractivity contribution in [3.63, 3.8) is 0 Å². The number of amides is 1. The molecule has 1 aliphatic rings. The van der Waals surface area contributed by atoms with Crippen LogP contribution in [0.2, 0.25) is 5.02 Å². The van der Waals surface area contributed by atoms with Crippen molar-refractivity contribution in [2.24, 2.45) is 0 Å². The Morgan fingerprint density at radius 2 is 2.00 bits per heavy atom. The van der Waals surface area contributed by atoms with Crippen LogP contribution in [0.3, 0.4) is 0 Å². The number of methoxy groups -OCH3 is 1. The van der Waals surface area contributed by atoms with Gasteiger partial charge in [0, 0.05) is 11.6 Å². The first-order valence-corrected chi connectivity index (χ1v) is 9.37. The largest absolute Gasteiger partial charge is 0.497 e. The molecule has 1 heterocycles. The second kappa shape index (κ2) is 8.63. The molecule has 1 unspecified atom stereocenters. The SMILES string of the molecule is COc1cccc(CC(=O)N2CCCC(O)(COc3cccc(Cl)c3)C2)c1. The lowest BCUT2D eigenvalue weighted by Crippen LogP contribution is -2.53. The molecule has 3 rings (SSSR count). The number of halogens is 1. The van der Waals surface area contributed by atoms with E-state index in [0.29, 0.717) is 23.7 Å². The van der Waals surface area contributed by atoms with E-state index in [9.17, 15) is 9.90 Å². The van der Waals surface area contributed by atoms with Crippen LogP contribution in [0.4, 0.5) is 0 Å². The van der Waals surface area contributed by atoms with Crippen molar-refractivity contribution in [2.75, 3.05) is 26.8 Å². The van der Waals surface area contributed by atoms with Crippen LogP contribution in [0.15, 0.2) is 48.5 Å². The van der Waals surface area contributed by atoms with Crippen molar-refractivity contribution in [3.8, 4) is 11.5 Å². The minimum absolute atomic E-state index is 0.0101. The summed E-state index contributed by atoms with van der Waals surface area (Å²) in [6.07, 6.45) is 1.61. The van der Waals surface area contributed by atoms with E-state index >= 15 is 0 Å². The van der Waals surface area contributed by atoms with Gasteiger partial charge >= 0.3 is 0 Å². The Morgan fingerprint density at radius 1 is 1.22 bits per heavy atom. The molecule has 144 valence electrons. The molecule has 2 aromatic carbocycles. The van der Waals surface area contributed by atoms with E-state index in [1.165, 1.54) is 0 Å². The summed E-state index contributed by atoms with van der Waals surface area (Å²) in [5.74, 6) is 1.32. The number of β-amino-alcohol motifs (C(OH)–C–C–N with tert-alkyl or cyclic N) is 1. The molecule has 0 radical (unpaired) electrons. The molecule has 0 bridgehead atoms. The Balaban J connectivity index is 1.59. The molecular formula is C21H24ClNO4. The second-order valence-corrected chi connectivity index (χ2v) is 7.35. The number of hydrogen-bond donors (Lipinski definition) is 1. The molecule has 6 heteroatoms. The van der Waals surface area contributed by atoms with Gasteiger partial charge in [-0.15, -0.1) is 0 Å². The van der Waals surface area contributed by atoms with E-state index in [-0.39, 0.29) is 25.5 Å². The third-order valence-corrected chi connectivity index (χ3v) is 4.94. The van der Waals surface area contributed by atoms with E-state index in [4.69, 9.17) is 21.1 Å². The van der Waals surface area contributed by atoms with Gasteiger partial charge in [0.15, 0.2) is 0 Å². The van der Waals surface area contributed by atoms with Gasteiger partial charge in [-0.1, -0.05) is 29.8 Å². The zero-order valence-electron chi connectivity index (χ0n) is 15.4. The lowest BCUT2D eigenvalue weighted by Gasteiger charge is -2.39. The van der Waals surface area contributed by atoms with Crippen molar-refractivity contribution in [2.45, 2.75) is 24.9 Å². The first-order chi connectivity index (χ1) is 13.0. The number of aliphatic hydroxyl groups is 1. The van der Waals surface area contributed by atoms with Crippen LogP contribution in [0.1, 0.15) is 18.4 Å². The van der Waals surface area contributed by atoms with Gasteiger partial charge < -0.3 is 19.5 Å². The normalized spacial score (nSPS) is 19.6. The van der Waals surface area contributed by atoms with E-state index in [1.54, 1.807) is 36.3 Å². The highest BCUT2D eigenvalue weighted by Crippen LogP contribution is 2.25. The Bertz CT molecular complexity index is 797. The highest BCUT2D eigenvalue weighted by atomic mass is 35.5. The van der Waals surface area contributed by atoms with Crippen molar-refractivity contribution in [3.05, 3.63) is 59.1 Å². The van der Waals surface area contributed by atoms with Crippen molar-refractivity contribution in [1.29, 1.82) is 0 Å². The van der Waals surface area contributed by atoms with Crippen LogP contribution < -0.4 is 9.47 Å². The fraction of sp³-hybridized carbons (Fsp3) is 0.381. The van der Waals surface area contributed by atoms with Crippen LogP contribution in [0.25, 0.3) is 0 Å². The molecular weight excluding hydrogens is 366 g/mol. The van der Waals surface area contributed by atoms with E-state index < -0.39 is 5.60 Å². The van der Waals surface area contributed by atoms with Gasteiger partial charge in [0.2, 0.25) is 5.91 Å². The molecule has 0 aliphatic carbocycles. The average molecular weight is 390 g/mol. The maximum absolute atomic E-state index is 12.7. The number of ether oxygens (including phenoxy) is 2. The maximum Gasteiger partial charge on any atom is 0.227 e. The molecule has 1 saturated heterocycles. The summed E-state index contributed by atoms with van der Waals surface area (Å²) >= 11 is 5.96. The zero-order valence-corrected chi connectivity index (χ0v) is 16.1. The zero-order chi connectivity index (χ0) is 19.3. The van der Waals surface area contributed by atoms with E-state index in [1.807, 2.05) is 24.3 Å². The Kier molecular flexibility index (Phi) is 6.24. The molecule has 1 aliphatic heterocycles. The summed E-state index contributed by atoms with van der Waals surface area (Å²) in [5.41, 5.74) is -0.173. The fourth-order valence-electron chi connectivity index (χ4n) is 3.29. The third-order valence-electron chi connectivity index (χ3n) is 4.70. The summed E-state index contributed by atoms with van der Waals surface area (Å²) in [5, 5.41) is 11.5. The van der Waals surface area contributed by atoms with Gasteiger partial charge in [0.25, 0.3) is 0 Å². The molecule has 0 spiro atoms. The summed E-state index contributed by atoms with van der Waals surface area (Å²) < 4.78 is 10.9. The Hall–Kier alpha value is -2.24. The minimum Gasteiger partial charge on any atom is -0.497 e. The van der Waals surface area contributed by atoms with E-state index in [2.05, 4.69) is 0 Å². The highest BCUT2D eigenvalue weighted by Gasteiger charge is 2.36. The lowest BCUT2D eigenvalue weighted by atomic mass is 9.93. The van der Waals surface area contributed by atoms with Crippen molar-refractivity contribution < 1.29 is 19.4 Å². The minimum atomic E-state index is -1.06. The number of hydrogen-bond acceptors (Lipinski definition) is 4. The average Bonchev–Trinajstić information content (AvgIpc) is 2.67. The van der Waals surface area contributed by atoms with Crippen LogP contribution in [-0.4, -0.2) is 48.3 Å². The molecule has 1 atom stereocenters. The van der Waals surface area contributed by atoms with Gasteiger partial charge in [-0.3, -0.25) is 4.79 Å². The van der Waals surface area contributed by atoms with Gasteiger partial charge in [0.05, 0.1) is 20.1 Å². The van der Waals surface area contributed by atoms with Gasteiger partial charge in [0.1, 0.15) is 23.7 Å². The van der Waals surface area contributed by atoms with Gasteiger partial charge in [-0.25, -0.2) is 0 Å². The summed E-state index contributed by atoms with van der Waals surface area (Å²) in [6, 6.07) is 14.5. The molecule has 2 aromatic rings. The number of piperidine rings is 1. The number of rotatable bonds is 6. The Labute approximate surface area is 164 Å². The van der Waals surface area contributed by atoms with Gasteiger partial charge in [-0.2, -0.15) is 0 Å². The number of nitrogens with zero attached hydrogens (tertiary/aromatic N) is 1. The smallest absolute Gasteiger partial charge is 0.227 e. The molecule has 0 aromatic heterocycles. The molecule has 27 heavy (non-hydrogen) atoms. The quantitative estimate of drug-likeness (QED) is 0.823. The number of carbonyl (C=O) groups excluding carboxylic acids is 1. The maximum atomic E-state index is 12.7. The summed E-state index contributed by atoms with van der Waals surface area (Å²) in [7, 11) is 1.60. The first-order valence-electron chi connectivity index (χ1n) is 8.99. The monoisotopic (exact) mass is 389 g/mol. The van der Waals surface area contributed by atoms with Crippen molar-refractivity contribution >= 4 is 17.5 Å². The molecule has 1 N–H and O–H groups in total. The summed E-state index contributed by atoms with van der Waals surface area (Å²) in [6.45, 7) is 1.02. The van der Waals surface area contributed by atoms with Crippen LogP contribution in [0, 0.1) is 0 Å². The first kappa shape index (κ1) is 19.5. The second-order valence-electron chi connectivity index (χ2n) is 6.92. The predicted molar refractivity (Wildman–Crippen MR) is 104 cm³/mol. The lowest BCUT2D eigenvalue weighted by molar-refractivity contribution is -0.139. The molecule has 1 fully saturated rings. The number of benzene rings is 2. The molecule has 5 nitrogen and oxygen atoms in total. The third kappa shape index (κ3) is 5.37. The van der Waals surface area contributed by atoms with Gasteiger partial charge in [-0.05, 0) is 48.7 Å². The van der Waals surface area contributed by atoms with Crippen LogP contribution in [-0.2, 0) is 11.2 Å². The predicted octanol–water partition coefficient (Wildman–Crippen LogP) is 3.32. The molecule has 1 amide bonds. The number of carbonyl (C=O) groups is 1. The van der Waals surface area contributed by atoms with E-state index in [0.717, 1.165) is 17.7 Å². The standard InChI is InChI=1S/C21H24ClNO4/c1-26-18-7-2-5-16(11-18)12-20(24)23-10-4-9-21(25,14-23)15-27-19-8-3-6-17(22)13-19/h2-3,5-8,11,13,25H,4,9-10,12,14-15H2,1H3. The van der Waals surface area contributed by atoms with Crippen LogP contribution >= 0.6 is 11.6 Å². The summed E-state index contributed by atoms with van der Waals surface area (Å²) in [4.78, 5) is 14.4.